The lowest BCUT2D eigenvalue weighted by molar-refractivity contribution is 0.0951. The number of thioether (sulfide) groups is 1. The number of amides is 1. The molecule has 7 heteroatoms. The van der Waals surface area contributed by atoms with Gasteiger partial charge < -0.3 is 10.3 Å². The zero-order valence-electron chi connectivity index (χ0n) is 12.0. The molecule has 3 rings (SSSR count). The first-order valence-corrected chi connectivity index (χ1v) is 8.29. The van der Waals surface area contributed by atoms with Gasteiger partial charge in [-0.2, -0.15) is 16.9 Å². The Labute approximate surface area is 127 Å². The molecular weight excluding hydrogens is 286 g/mol. The summed E-state index contributed by atoms with van der Waals surface area (Å²) in [4.78, 5) is 19.2. The van der Waals surface area contributed by atoms with Crippen molar-refractivity contribution in [2.75, 3.05) is 12.3 Å². The number of carbonyl (C=O) groups excluding carboxylic acids is 1. The van der Waals surface area contributed by atoms with Gasteiger partial charge in [-0.25, -0.2) is 4.98 Å². The van der Waals surface area contributed by atoms with E-state index in [0.717, 1.165) is 28.6 Å². The molecule has 1 amide bonds. The average molecular weight is 305 g/mol. The summed E-state index contributed by atoms with van der Waals surface area (Å²) in [7, 11) is 0. The molecule has 0 aliphatic heterocycles. The van der Waals surface area contributed by atoms with Crippen molar-refractivity contribution < 1.29 is 4.79 Å². The van der Waals surface area contributed by atoms with Crippen LogP contribution in [0.25, 0.3) is 0 Å². The van der Waals surface area contributed by atoms with Gasteiger partial charge in [0.1, 0.15) is 5.69 Å². The van der Waals surface area contributed by atoms with E-state index >= 15 is 0 Å². The zero-order chi connectivity index (χ0) is 14.7. The van der Waals surface area contributed by atoms with E-state index in [1.54, 1.807) is 18.1 Å². The van der Waals surface area contributed by atoms with Gasteiger partial charge in [-0.1, -0.05) is 0 Å². The highest BCUT2D eigenvalue weighted by Gasteiger charge is 2.26. The average Bonchev–Trinajstić information content (AvgIpc) is 3.06. The number of hydrogen-bond donors (Lipinski definition) is 3. The molecule has 21 heavy (non-hydrogen) atoms. The van der Waals surface area contributed by atoms with Gasteiger partial charge in [-0.05, 0) is 25.8 Å². The molecule has 1 aliphatic carbocycles. The molecule has 1 fully saturated rings. The van der Waals surface area contributed by atoms with Crippen molar-refractivity contribution in [3.8, 4) is 0 Å². The quantitative estimate of drug-likeness (QED) is 0.683. The first kappa shape index (κ1) is 14.2. The highest BCUT2D eigenvalue weighted by molar-refractivity contribution is 7.98. The monoisotopic (exact) mass is 305 g/mol. The van der Waals surface area contributed by atoms with Crippen LogP contribution in [0.4, 0.5) is 0 Å². The Morgan fingerprint density at radius 2 is 2.38 bits per heavy atom. The third kappa shape index (κ3) is 3.66. The molecule has 0 saturated heterocycles. The second-order valence-electron chi connectivity index (χ2n) is 5.27. The lowest BCUT2D eigenvalue weighted by atomic mass is 10.2. The van der Waals surface area contributed by atoms with Crippen LogP contribution in [0.5, 0.6) is 0 Å². The fourth-order valence-electron chi connectivity index (χ4n) is 2.09. The number of H-pyrrole nitrogens is 2. The van der Waals surface area contributed by atoms with Gasteiger partial charge in [0.15, 0.2) is 0 Å². The topological polar surface area (TPSA) is 86.5 Å². The Morgan fingerprint density at radius 1 is 1.52 bits per heavy atom. The van der Waals surface area contributed by atoms with E-state index in [4.69, 9.17) is 0 Å². The largest absolute Gasteiger partial charge is 0.350 e. The Balaban J connectivity index is 1.36. The Hall–Kier alpha value is -1.76. The van der Waals surface area contributed by atoms with Gasteiger partial charge in [0, 0.05) is 35.4 Å². The maximum absolute atomic E-state index is 11.9. The fraction of sp³-hybridized carbons (Fsp3) is 0.500. The van der Waals surface area contributed by atoms with Crippen molar-refractivity contribution in [1.82, 2.24) is 25.5 Å². The van der Waals surface area contributed by atoms with E-state index in [1.807, 2.05) is 13.0 Å². The van der Waals surface area contributed by atoms with Gasteiger partial charge >= 0.3 is 0 Å². The lowest BCUT2D eigenvalue weighted by Gasteiger charge is -2.02. The van der Waals surface area contributed by atoms with Crippen molar-refractivity contribution in [1.29, 1.82) is 0 Å². The van der Waals surface area contributed by atoms with E-state index < -0.39 is 0 Å². The predicted molar refractivity (Wildman–Crippen MR) is 82.4 cm³/mol. The summed E-state index contributed by atoms with van der Waals surface area (Å²) >= 11 is 1.76. The number of imidazole rings is 1. The Bertz CT molecular complexity index is 616. The van der Waals surface area contributed by atoms with Crippen LogP contribution in [0, 0.1) is 6.92 Å². The molecule has 1 saturated carbocycles. The predicted octanol–water partition coefficient (Wildman–Crippen LogP) is 1.98. The van der Waals surface area contributed by atoms with Crippen molar-refractivity contribution in [3.63, 3.8) is 0 Å². The van der Waals surface area contributed by atoms with Gasteiger partial charge in [-0.3, -0.25) is 9.89 Å². The van der Waals surface area contributed by atoms with Crippen molar-refractivity contribution in [2.24, 2.45) is 0 Å². The number of nitrogens with one attached hydrogen (secondary N) is 3. The molecule has 0 atom stereocenters. The molecule has 6 nitrogen and oxygen atoms in total. The van der Waals surface area contributed by atoms with E-state index in [0.29, 0.717) is 18.2 Å². The highest BCUT2D eigenvalue weighted by atomic mass is 32.2. The number of aromatic amines is 2. The minimum Gasteiger partial charge on any atom is -0.350 e. The second-order valence-corrected chi connectivity index (χ2v) is 6.37. The summed E-state index contributed by atoms with van der Waals surface area (Å²) in [6.07, 6.45) is 4.11. The lowest BCUT2D eigenvalue weighted by Crippen LogP contribution is -2.26. The van der Waals surface area contributed by atoms with E-state index in [2.05, 4.69) is 25.5 Å². The molecule has 0 spiro atoms. The van der Waals surface area contributed by atoms with Crippen LogP contribution in [0.1, 0.15) is 46.3 Å². The number of aromatic nitrogens is 4. The van der Waals surface area contributed by atoms with E-state index in [-0.39, 0.29) is 5.91 Å². The molecule has 3 N–H and O–H groups in total. The van der Waals surface area contributed by atoms with Crippen LogP contribution in [-0.4, -0.2) is 38.4 Å². The highest BCUT2D eigenvalue weighted by Crippen LogP contribution is 2.38. The second kappa shape index (κ2) is 6.34. The summed E-state index contributed by atoms with van der Waals surface area (Å²) < 4.78 is 0. The molecule has 0 unspecified atom stereocenters. The number of nitrogens with zero attached hydrogens (tertiary/aromatic N) is 2. The molecule has 0 radical (unpaired) electrons. The molecule has 2 heterocycles. The molecule has 2 aromatic rings. The minimum absolute atomic E-state index is 0.102. The molecule has 0 bridgehead atoms. The Kier molecular flexibility index (Phi) is 4.28. The third-order valence-corrected chi connectivity index (χ3v) is 4.52. The Morgan fingerprint density at radius 3 is 3.10 bits per heavy atom. The van der Waals surface area contributed by atoms with Crippen molar-refractivity contribution in [3.05, 3.63) is 35.2 Å². The molecule has 1 aliphatic rings. The van der Waals surface area contributed by atoms with E-state index in [1.165, 1.54) is 12.8 Å². The summed E-state index contributed by atoms with van der Waals surface area (Å²) in [5.41, 5.74) is 3.76. The van der Waals surface area contributed by atoms with Gasteiger partial charge in [-0.15, -0.1) is 0 Å². The van der Waals surface area contributed by atoms with Gasteiger partial charge in [0.05, 0.1) is 12.0 Å². The van der Waals surface area contributed by atoms with Crippen LogP contribution in [0.15, 0.2) is 12.4 Å². The van der Waals surface area contributed by atoms with Crippen LogP contribution >= 0.6 is 11.8 Å². The van der Waals surface area contributed by atoms with Crippen molar-refractivity contribution >= 4 is 17.7 Å². The number of rotatable bonds is 7. The smallest absolute Gasteiger partial charge is 0.271 e. The van der Waals surface area contributed by atoms with Gasteiger partial charge in [0.2, 0.25) is 0 Å². The number of hydrogen-bond acceptors (Lipinski definition) is 4. The zero-order valence-corrected chi connectivity index (χ0v) is 12.8. The minimum atomic E-state index is -0.102. The van der Waals surface area contributed by atoms with Crippen LogP contribution in [0.2, 0.25) is 0 Å². The molecular formula is C14H19N5OS. The van der Waals surface area contributed by atoms with Gasteiger partial charge in [0.25, 0.3) is 5.91 Å². The third-order valence-electron chi connectivity index (χ3n) is 3.55. The summed E-state index contributed by atoms with van der Waals surface area (Å²) in [5, 5.41) is 9.91. The molecule has 2 aromatic heterocycles. The molecule has 0 aromatic carbocycles. The standard InChI is InChI=1S/C14H19N5OS/c1-9-13(17-8-16-9)7-21-5-4-15-14(20)12-6-11(18-19-12)10-2-3-10/h6,8,10H,2-5,7H2,1H3,(H,15,20)(H,16,17)(H,18,19). The summed E-state index contributed by atoms with van der Waals surface area (Å²) in [6.45, 7) is 2.65. The number of aryl methyl sites for hydroxylation is 1. The first-order chi connectivity index (χ1) is 10.2. The fourth-order valence-corrected chi connectivity index (χ4v) is 2.96. The van der Waals surface area contributed by atoms with Crippen LogP contribution in [-0.2, 0) is 5.75 Å². The number of carbonyl (C=O) groups is 1. The first-order valence-electron chi connectivity index (χ1n) is 7.14. The summed E-state index contributed by atoms with van der Waals surface area (Å²) in [5.74, 6) is 2.21. The maximum Gasteiger partial charge on any atom is 0.271 e. The van der Waals surface area contributed by atoms with Crippen LogP contribution in [0.3, 0.4) is 0 Å². The SMILES string of the molecule is Cc1[nH]cnc1CSCCNC(=O)c1cc(C2CC2)[nH]n1. The molecule has 112 valence electrons. The van der Waals surface area contributed by atoms with E-state index in [9.17, 15) is 4.79 Å². The normalized spacial score (nSPS) is 14.3. The van der Waals surface area contributed by atoms with Crippen molar-refractivity contribution in [2.45, 2.75) is 31.4 Å². The summed E-state index contributed by atoms with van der Waals surface area (Å²) in [6, 6.07) is 1.87. The maximum atomic E-state index is 11.9. The van der Waals surface area contributed by atoms with Crippen LogP contribution < -0.4 is 5.32 Å².